The fraction of sp³-hybridized carbons (Fsp3) is 0.303. The Labute approximate surface area is 278 Å². The Kier molecular flexibility index (Phi) is 9.01. The fourth-order valence-corrected chi connectivity index (χ4v) is 6.74. The summed E-state index contributed by atoms with van der Waals surface area (Å²) in [6.45, 7) is 13.1. The lowest BCUT2D eigenvalue weighted by atomic mass is 10.0. The molecule has 1 fully saturated rings. The molecule has 1 aliphatic heterocycles. The van der Waals surface area contributed by atoms with Gasteiger partial charge in [-0.05, 0) is 50.5 Å². The molecule has 14 heteroatoms. The number of aromatic hydroxyl groups is 1. The number of phenolic OH excluding ortho intramolecular Hbond substituents is 1. The second-order valence-electron chi connectivity index (χ2n) is 11.7. The molecule has 0 radical (unpaired) electrons. The van der Waals surface area contributed by atoms with E-state index in [9.17, 15) is 28.7 Å². The third-order valence-corrected chi connectivity index (χ3v) is 8.90. The quantitative estimate of drug-likeness (QED) is 0.140. The van der Waals surface area contributed by atoms with Gasteiger partial charge in [-0.2, -0.15) is 9.65 Å². The van der Waals surface area contributed by atoms with Crippen LogP contribution >= 0.6 is 23.2 Å². The molecule has 4 heterocycles. The second kappa shape index (κ2) is 12.5. The normalized spacial score (nSPS) is 16.6. The van der Waals surface area contributed by atoms with E-state index in [1.807, 2.05) is 33.8 Å². The van der Waals surface area contributed by atoms with Gasteiger partial charge in [0.15, 0.2) is 17.4 Å². The molecule has 0 aliphatic carbocycles. The van der Waals surface area contributed by atoms with E-state index in [2.05, 4.69) is 16.5 Å². The van der Waals surface area contributed by atoms with Crippen LogP contribution in [0.4, 0.5) is 18.9 Å². The highest BCUT2D eigenvalue weighted by Crippen LogP contribution is 2.43. The van der Waals surface area contributed by atoms with Crippen molar-refractivity contribution < 1.29 is 23.1 Å². The smallest absolute Gasteiger partial charge is 0.276 e. The number of nitriles is 1. The molecule has 9 nitrogen and oxygen atoms in total. The summed E-state index contributed by atoms with van der Waals surface area (Å²) < 4.78 is 45.5. The summed E-state index contributed by atoms with van der Waals surface area (Å²) in [6.07, 6.45) is 2.79. The van der Waals surface area contributed by atoms with Crippen molar-refractivity contribution in [2.24, 2.45) is 0 Å². The van der Waals surface area contributed by atoms with Gasteiger partial charge in [-0.25, -0.2) is 13.8 Å². The summed E-state index contributed by atoms with van der Waals surface area (Å²) >= 11 is 12.7. The molecule has 0 saturated carbocycles. The van der Waals surface area contributed by atoms with E-state index in [-0.39, 0.29) is 64.3 Å². The van der Waals surface area contributed by atoms with Gasteiger partial charge >= 0.3 is 0 Å². The van der Waals surface area contributed by atoms with Crippen molar-refractivity contribution in [1.29, 1.82) is 5.26 Å². The first-order valence-corrected chi connectivity index (χ1v) is 15.3. The number of rotatable bonds is 5. The lowest BCUT2D eigenvalue weighted by Crippen LogP contribution is -2.58. The molecule has 5 rings (SSSR count). The van der Waals surface area contributed by atoms with Gasteiger partial charge in [0.2, 0.25) is 11.7 Å². The van der Waals surface area contributed by atoms with Crippen molar-refractivity contribution >= 4 is 45.8 Å². The number of amides is 1. The molecule has 1 N–H and O–H groups in total. The summed E-state index contributed by atoms with van der Waals surface area (Å²) in [6, 6.07) is 4.29. The van der Waals surface area contributed by atoms with Crippen LogP contribution in [-0.2, 0) is 4.79 Å². The first kappa shape index (κ1) is 33.8. The molecular weight excluding hydrogens is 656 g/mol. The van der Waals surface area contributed by atoms with Gasteiger partial charge in [0.25, 0.3) is 5.56 Å². The number of anilines is 1. The zero-order valence-electron chi connectivity index (χ0n) is 26.0. The van der Waals surface area contributed by atoms with Crippen LogP contribution in [0.5, 0.6) is 5.75 Å². The zero-order valence-corrected chi connectivity index (χ0v) is 27.5. The molecule has 1 aliphatic rings. The van der Waals surface area contributed by atoms with Gasteiger partial charge in [0, 0.05) is 36.8 Å². The monoisotopic (exact) mass is 684 g/mol. The number of nitrogens with zero attached hydrogens (tertiary/aromatic N) is 6. The van der Waals surface area contributed by atoms with E-state index in [0.29, 0.717) is 16.9 Å². The predicted molar refractivity (Wildman–Crippen MR) is 174 cm³/mol. The van der Waals surface area contributed by atoms with Crippen LogP contribution in [0.25, 0.3) is 28.0 Å². The number of halogens is 5. The summed E-state index contributed by atoms with van der Waals surface area (Å²) in [7, 11) is 0. The van der Waals surface area contributed by atoms with Gasteiger partial charge < -0.3 is 14.9 Å². The van der Waals surface area contributed by atoms with Crippen molar-refractivity contribution in [3.8, 4) is 28.8 Å². The van der Waals surface area contributed by atoms with Gasteiger partial charge in [-0.1, -0.05) is 43.6 Å². The third-order valence-electron chi connectivity index (χ3n) is 8.25. The SMILES string of the molecule is C=CC(=O)N1[C@H](C)CN(c2c(C#N)c(=O)n(-c3c(C)ccnc3C(C)C)c3nc(-c4c(F)c(O)c(F)c(F)c4Cl)c(Cl)cc23)C[C@@H]1C. The van der Waals surface area contributed by atoms with Crippen LogP contribution in [-0.4, -0.2) is 55.6 Å². The van der Waals surface area contributed by atoms with Crippen molar-refractivity contribution in [1.82, 2.24) is 19.4 Å². The molecule has 2 atom stereocenters. The Morgan fingerprint density at radius 2 is 1.79 bits per heavy atom. The number of piperazine rings is 1. The molecule has 1 amide bonds. The van der Waals surface area contributed by atoms with Crippen LogP contribution in [0.15, 0.2) is 35.8 Å². The summed E-state index contributed by atoms with van der Waals surface area (Å²) in [5.41, 5.74) is -0.915. The number of hydrogen-bond acceptors (Lipinski definition) is 7. The largest absolute Gasteiger partial charge is 0.503 e. The highest BCUT2D eigenvalue weighted by molar-refractivity contribution is 6.37. The molecule has 244 valence electrons. The summed E-state index contributed by atoms with van der Waals surface area (Å²) in [5.74, 6) is -7.35. The molecule has 0 bridgehead atoms. The molecule has 3 aromatic heterocycles. The van der Waals surface area contributed by atoms with Crippen LogP contribution in [0, 0.1) is 35.7 Å². The van der Waals surface area contributed by atoms with Crippen molar-refractivity contribution in [3.63, 3.8) is 0 Å². The van der Waals surface area contributed by atoms with E-state index >= 15 is 4.39 Å². The van der Waals surface area contributed by atoms with E-state index in [0.717, 1.165) is 0 Å². The van der Waals surface area contributed by atoms with Gasteiger partial charge in [-0.3, -0.25) is 19.1 Å². The Hall–Kier alpha value is -4.60. The molecule has 1 saturated heterocycles. The number of phenols is 1. The van der Waals surface area contributed by atoms with E-state index in [4.69, 9.17) is 23.2 Å². The predicted octanol–water partition coefficient (Wildman–Crippen LogP) is 6.79. The maximum atomic E-state index is 15.4. The molecule has 1 aromatic carbocycles. The van der Waals surface area contributed by atoms with Crippen LogP contribution in [0.1, 0.15) is 50.4 Å². The lowest BCUT2D eigenvalue weighted by molar-refractivity contribution is -0.130. The van der Waals surface area contributed by atoms with E-state index < -0.39 is 45.0 Å². The molecular formula is C33H29Cl2F3N6O3. The van der Waals surface area contributed by atoms with Crippen molar-refractivity contribution in [2.75, 3.05) is 18.0 Å². The fourth-order valence-electron chi connectivity index (χ4n) is 6.24. The maximum absolute atomic E-state index is 15.4. The van der Waals surface area contributed by atoms with Crippen molar-refractivity contribution in [2.45, 2.75) is 52.6 Å². The minimum Gasteiger partial charge on any atom is -0.503 e. The average molecular weight is 686 g/mol. The first-order chi connectivity index (χ1) is 22.2. The average Bonchev–Trinajstić information content (AvgIpc) is 3.02. The van der Waals surface area contributed by atoms with E-state index in [1.54, 1.807) is 29.0 Å². The summed E-state index contributed by atoms with van der Waals surface area (Å²) in [4.78, 5) is 39.6. The number of hydrogen-bond donors (Lipinski definition) is 1. The zero-order chi connectivity index (χ0) is 34.6. The maximum Gasteiger partial charge on any atom is 0.276 e. The Morgan fingerprint density at radius 1 is 1.15 bits per heavy atom. The molecule has 0 unspecified atom stereocenters. The molecule has 47 heavy (non-hydrogen) atoms. The Morgan fingerprint density at radius 3 is 2.36 bits per heavy atom. The second-order valence-corrected chi connectivity index (χ2v) is 12.5. The topological polar surface area (TPSA) is 115 Å². The van der Waals surface area contributed by atoms with E-state index in [1.165, 1.54) is 16.7 Å². The molecule has 4 aromatic rings. The summed E-state index contributed by atoms with van der Waals surface area (Å²) in [5, 5.41) is 19.4. The highest BCUT2D eigenvalue weighted by Gasteiger charge is 2.36. The Balaban J connectivity index is 1.95. The third kappa shape index (κ3) is 5.37. The first-order valence-electron chi connectivity index (χ1n) is 14.6. The highest BCUT2D eigenvalue weighted by atomic mass is 35.5. The standard InChI is InChI=1S/C33H29Cl2F3N6O3/c1-7-21(45)43-16(5)12-42(13-17(43)6)30-18-10-20(34)28(22-23(35)25(37)26(38)31(46)24(22)36)41-32(18)44(33(47)19(30)11-39)29-15(4)8-9-40-27(29)14(2)3/h7-10,14,16-17,46H,1,12-13H2,2-6H3/t16-,17+. The van der Waals surface area contributed by atoms with Gasteiger partial charge in [0.05, 0.1) is 38.4 Å². The van der Waals surface area contributed by atoms with Crippen LogP contribution in [0.2, 0.25) is 10.0 Å². The number of carbonyl (C=O) groups is 1. The van der Waals surface area contributed by atoms with Gasteiger partial charge in [-0.15, -0.1) is 0 Å². The minimum absolute atomic E-state index is 0.119. The van der Waals surface area contributed by atoms with Crippen molar-refractivity contribution in [3.05, 3.63) is 85.7 Å². The number of carbonyl (C=O) groups excluding carboxylic acids is 1. The number of aromatic nitrogens is 3. The molecule has 0 spiro atoms. The van der Waals surface area contributed by atoms with Gasteiger partial charge in [0.1, 0.15) is 17.3 Å². The lowest BCUT2D eigenvalue weighted by Gasteiger charge is -2.45. The number of pyridine rings is 3. The van der Waals surface area contributed by atoms with Crippen LogP contribution in [0.3, 0.4) is 0 Å². The number of benzene rings is 1. The number of fused-ring (bicyclic) bond motifs is 1. The number of aryl methyl sites for hydroxylation is 1. The van der Waals surface area contributed by atoms with Crippen LogP contribution < -0.4 is 10.5 Å². The Bertz CT molecular complexity index is 2050. The minimum atomic E-state index is -1.89.